The molecule has 1 aliphatic rings. The van der Waals surface area contributed by atoms with Gasteiger partial charge in [-0.1, -0.05) is 6.42 Å². The Labute approximate surface area is 128 Å². The lowest BCUT2D eigenvalue weighted by molar-refractivity contribution is 0.141. The molecule has 1 saturated heterocycles. The molecule has 1 fully saturated rings. The van der Waals surface area contributed by atoms with E-state index in [1.807, 2.05) is 13.8 Å². The van der Waals surface area contributed by atoms with E-state index >= 15 is 0 Å². The Kier molecular flexibility index (Phi) is 4.10. The van der Waals surface area contributed by atoms with Crippen LogP contribution in [0.4, 0.5) is 0 Å². The Balaban J connectivity index is 1.92. The number of hydrogen-bond acceptors (Lipinski definition) is 5. The topological polar surface area (TPSA) is 75.0 Å². The van der Waals surface area contributed by atoms with Crippen LogP contribution < -0.4 is 11.3 Å². The SMILES string of the molecule is Cc1sc2nc(CN3CCCCC3CN)[nH]c(=O)c2c1C. The number of aromatic nitrogens is 2. The molecule has 114 valence electrons. The van der Waals surface area contributed by atoms with Crippen molar-refractivity contribution >= 4 is 21.6 Å². The number of piperidine rings is 1. The van der Waals surface area contributed by atoms with E-state index in [2.05, 4.69) is 14.9 Å². The zero-order chi connectivity index (χ0) is 15.0. The number of fused-ring (bicyclic) bond motifs is 1. The smallest absolute Gasteiger partial charge is 0.259 e. The van der Waals surface area contributed by atoms with E-state index in [-0.39, 0.29) is 5.56 Å². The summed E-state index contributed by atoms with van der Waals surface area (Å²) in [4.78, 5) is 24.3. The normalized spacial score (nSPS) is 20.2. The number of nitrogens with one attached hydrogen (secondary N) is 1. The minimum atomic E-state index is -0.0156. The highest BCUT2D eigenvalue weighted by molar-refractivity contribution is 7.18. The van der Waals surface area contributed by atoms with Gasteiger partial charge in [-0.3, -0.25) is 9.69 Å². The maximum Gasteiger partial charge on any atom is 0.259 e. The molecule has 3 rings (SSSR count). The first-order chi connectivity index (χ1) is 10.1. The molecule has 0 aromatic carbocycles. The van der Waals surface area contributed by atoms with Gasteiger partial charge in [0, 0.05) is 17.5 Å². The molecule has 3 N–H and O–H groups in total. The lowest BCUT2D eigenvalue weighted by atomic mass is 10.0. The van der Waals surface area contributed by atoms with Crippen LogP contribution in [0.2, 0.25) is 0 Å². The zero-order valence-electron chi connectivity index (χ0n) is 12.6. The van der Waals surface area contributed by atoms with Gasteiger partial charge in [0.25, 0.3) is 5.56 Å². The molecule has 0 amide bonds. The van der Waals surface area contributed by atoms with Crippen LogP contribution in [0.15, 0.2) is 4.79 Å². The molecular weight excluding hydrogens is 284 g/mol. The first-order valence-corrected chi connectivity index (χ1v) is 8.35. The Bertz CT molecular complexity index is 705. The average Bonchev–Trinajstić information content (AvgIpc) is 2.75. The summed E-state index contributed by atoms with van der Waals surface area (Å²) in [5.41, 5.74) is 6.89. The molecule has 0 radical (unpaired) electrons. The van der Waals surface area contributed by atoms with E-state index in [4.69, 9.17) is 5.73 Å². The van der Waals surface area contributed by atoms with Crippen LogP contribution in [0.3, 0.4) is 0 Å². The van der Waals surface area contributed by atoms with Gasteiger partial charge < -0.3 is 10.7 Å². The third kappa shape index (κ3) is 2.75. The van der Waals surface area contributed by atoms with Crippen molar-refractivity contribution in [2.24, 2.45) is 5.73 Å². The molecule has 2 aromatic heterocycles. The summed E-state index contributed by atoms with van der Waals surface area (Å²) in [5.74, 6) is 0.758. The van der Waals surface area contributed by atoms with E-state index in [9.17, 15) is 4.79 Å². The van der Waals surface area contributed by atoms with Gasteiger partial charge in [-0.25, -0.2) is 4.98 Å². The van der Waals surface area contributed by atoms with Crippen molar-refractivity contribution in [2.75, 3.05) is 13.1 Å². The third-order valence-corrected chi connectivity index (χ3v) is 5.56. The molecule has 1 atom stereocenters. The monoisotopic (exact) mass is 306 g/mol. The summed E-state index contributed by atoms with van der Waals surface area (Å²) in [5, 5.41) is 0.746. The fourth-order valence-electron chi connectivity index (χ4n) is 3.10. The second-order valence-electron chi connectivity index (χ2n) is 5.83. The number of rotatable bonds is 3. The maximum atomic E-state index is 12.3. The number of thiophene rings is 1. The second-order valence-corrected chi connectivity index (χ2v) is 7.04. The van der Waals surface area contributed by atoms with Crippen molar-refractivity contribution in [2.45, 2.75) is 45.7 Å². The van der Waals surface area contributed by atoms with E-state index in [0.717, 1.165) is 39.4 Å². The summed E-state index contributed by atoms with van der Waals surface area (Å²) >= 11 is 1.60. The molecule has 2 aromatic rings. The van der Waals surface area contributed by atoms with Gasteiger partial charge in [-0.15, -0.1) is 11.3 Å². The fraction of sp³-hybridized carbons (Fsp3) is 0.600. The largest absolute Gasteiger partial charge is 0.329 e. The minimum absolute atomic E-state index is 0.0156. The maximum absolute atomic E-state index is 12.3. The Morgan fingerprint density at radius 1 is 1.43 bits per heavy atom. The molecule has 0 bridgehead atoms. The predicted molar refractivity (Wildman–Crippen MR) is 86.8 cm³/mol. The molecule has 5 nitrogen and oxygen atoms in total. The van der Waals surface area contributed by atoms with Crippen molar-refractivity contribution in [3.05, 3.63) is 26.6 Å². The van der Waals surface area contributed by atoms with E-state index < -0.39 is 0 Å². The van der Waals surface area contributed by atoms with Crippen LogP contribution in [0.5, 0.6) is 0 Å². The lowest BCUT2D eigenvalue weighted by Crippen LogP contribution is -2.43. The molecule has 21 heavy (non-hydrogen) atoms. The van der Waals surface area contributed by atoms with Crippen LogP contribution in [-0.2, 0) is 6.54 Å². The van der Waals surface area contributed by atoms with Crippen LogP contribution >= 0.6 is 11.3 Å². The number of aryl methyl sites for hydroxylation is 2. The van der Waals surface area contributed by atoms with Gasteiger partial charge in [0.2, 0.25) is 0 Å². The van der Waals surface area contributed by atoms with Crippen molar-refractivity contribution in [1.29, 1.82) is 0 Å². The minimum Gasteiger partial charge on any atom is -0.329 e. The zero-order valence-corrected chi connectivity index (χ0v) is 13.4. The Hall–Kier alpha value is -1.24. The van der Waals surface area contributed by atoms with Crippen LogP contribution in [0.25, 0.3) is 10.2 Å². The fourth-order valence-corrected chi connectivity index (χ4v) is 4.15. The number of likely N-dealkylation sites (tertiary alicyclic amines) is 1. The van der Waals surface area contributed by atoms with Gasteiger partial charge >= 0.3 is 0 Å². The third-order valence-electron chi connectivity index (χ3n) is 4.46. The standard InChI is InChI=1S/C15H22N4OS/c1-9-10(2)21-15-13(9)14(20)17-12(18-15)8-19-6-4-3-5-11(19)7-16/h11H,3-8,16H2,1-2H3,(H,17,18,20). The molecule has 1 aliphatic heterocycles. The first kappa shape index (κ1) is 14.7. The second kappa shape index (κ2) is 5.87. The van der Waals surface area contributed by atoms with Crippen LogP contribution in [0, 0.1) is 13.8 Å². The molecular formula is C15H22N4OS. The Morgan fingerprint density at radius 3 is 3.00 bits per heavy atom. The van der Waals surface area contributed by atoms with Crippen molar-refractivity contribution in [3.63, 3.8) is 0 Å². The highest BCUT2D eigenvalue weighted by Crippen LogP contribution is 2.26. The molecule has 6 heteroatoms. The summed E-state index contributed by atoms with van der Waals surface area (Å²) < 4.78 is 0. The van der Waals surface area contributed by atoms with Crippen molar-refractivity contribution < 1.29 is 0 Å². The molecule has 0 aliphatic carbocycles. The number of H-pyrrole nitrogens is 1. The predicted octanol–water partition coefficient (Wildman–Crippen LogP) is 1.91. The first-order valence-electron chi connectivity index (χ1n) is 7.53. The van der Waals surface area contributed by atoms with Gasteiger partial charge in [0.1, 0.15) is 10.7 Å². The molecule has 0 spiro atoms. The molecule has 1 unspecified atom stereocenters. The van der Waals surface area contributed by atoms with Crippen LogP contribution in [0.1, 0.15) is 35.5 Å². The number of hydrogen-bond donors (Lipinski definition) is 2. The highest BCUT2D eigenvalue weighted by Gasteiger charge is 2.22. The molecule has 0 saturated carbocycles. The summed E-state index contributed by atoms with van der Waals surface area (Å²) in [6, 6.07) is 0.409. The van der Waals surface area contributed by atoms with E-state index in [1.54, 1.807) is 11.3 Å². The van der Waals surface area contributed by atoms with Crippen LogP contribution in [-0.4, -0.2) is 34.0 Å². The number of nitrogens with two attached hydrogens (primary N) is 1. The van der Waals surface area contributed by atoms with E-state index in [0.29, 0.717) is 19.1 Å². The summed E-state index contributed by atoms with van der Waals surface area (Å²) in [7, 11) is 0. The van der Waals surface area contributed by atoms with Crippen molar-refractivity contribution in [3.8, 4) is 0 Å². The van der Waals surface area contributed by atoms with Gasteiger partial charge in [0.15, 0.2) is 0 Å². The lowest BCUT2D eigenvalue weighted by Gasteiger charge is -2.34. The van der Waals surface area contributed by atoms with Crippen molar-refractivity contribution in [1.82, 2.24) is 14.9 Å². The van der Waals surface area contributed by atoms with Gasteiger partial charge in [-0.05, 0) is 38.8 Å². The molecule has 3 heterocycles. The van der Waals surface area contributed by atoms with E-state index in [1.165, 1.54) is 12.8 Å². The highest BCUT2D eigenvalue weighted by atomic mass is 32.1. The number of nitrogens with zero attached hydrogens (tertiary/aromatic N) is 2. The van der Waals surface area contributed by atoms with Gasteiger partial charge in [0.05, 0.1) is 11.9 Å². The van der Waals surface area contributed by atoms with Gasteiger partial charge in [-0.2, -0.15) is 0 Å². The summed E-state index contributed by atoms with van der Waals surface area (Å²) in [6.07, 6.45) is 3.57. The Morgan fingerprint density at radius 2 is 2.24 bits per heavy atom. The quantitative estimate of drug-likeness (QED) is 0.908. The summed E-state index contributed by atoms with van der Waals surface area (Å²) in [6.45, 7) is 6.41. The average molecular weight is 306 g/mol. The number of aromatic amines is 1.